The van der Waals surface area contributed by atoms with Gasteiger partial charge in [-0.25, -0.2) is 0 Å². The molecule has 2 N–H and O–H groups in total. The van der Waals surface area contributed by atoms with Gasteiger partial charge in [0.15, 0.2) is 0 Å². The van der Waals surface area contributed by atoms with Crippen LogP contribution in [0.5, 0.6) is 0 Å². The van der Waals surface area contributed by atoms with E-state index in [1.165, 1.54) is 12.8 Å². The number of nitrogens with two attached hydrogens (primary N) is 1. The van der Waals surface area contributed by atoms with Gasteiger partial charge in [0, 0.05) is 6.04 Å². The average molecular weight is 143 g/mol. The predicted octanol–water partition coefficient (Wildman–Crippen LogP) is 2.55. The summed E-state index contributed by atoms with van der Waals surface area (Å²) < 4.78 is 0. The van der Waals surface area contributed by atoms with E-state index >= 15 is 0 Å². The van der Waals surface area contributed by atoms with Crippen molar-refractivity contribution in [1.29, 1.82) is 0 Å². The Bertz CT molecular complexity index is 86.7. The van der Waals surface area contributed by atoms with Gasteiger partial charge in [-0.05, 0) is 18.3 Å². The third kappa shape index (κ3) is 2.70. The molecule has 0 fully saturated rings. The Balaban J connectivity index is 3.82. The summed E-state index contributed by atoms with van der Waals surface area (Å²) in [6, 6.07) is 0.368. The lowest BCUT2D eigenvalue weighted by Crippen LogP contribution is -2.36. The summed E-state index contributed by atoms with van der Waals surface area (Å²) in [5.41, 5.74) is 6.27. The molecule has 0 heterocycles. The van der Waals surface area contributed by atoms with Crippen molar-refractivity contribution >= 4 is 0 Å². The first-order valence-corrected chi connectivity index (χ1v) is 4.30. The fourth-order valence-corrected chi connectivity index (χ4v) is 1.38. The van der Waals surface area contributed by atoms with Crippen LogP contribution in [-0.4, -0.2) is 6.04 Å². The van der Waals surface area contributed by atoms with Gasteiger partial charge in [0.25, 0.3) is 0 Å². The van der Waals surface area contributed by atoms with Crippen LogP contribution in [0, 0.1) is 5.41 Å². The molecule has 0 aromatic rings. The number of hydrogen-bond donors (Lipinski definition) is 1. The Hall–Kier alpha value is -0.0400. The first-order valence-electron chi connectivity index (χ1n) is 4.30. The molecule has 10 heavy (non-hydrogen) atoms. The van der Waals surface area contributed by atoms with Gasteiger partial charge >= 0.3 is 0 Å². The molecule has 0 radical (unpaired) electrons. The van der Waals surface area contributed by atoms with E-state index in [1.54, 1.807) is 0 Å². The second-order valence-electron chi connectivity index (χ2n) is 3.75. The molecule has 0 aliphatic rings. The molecule has 0 aliphatic heterocycles. The van der Waals surface area contributed by atoms with Crippen molar-refractivity contribution in [3.8, 4) is 0 Å². The zero-order valence-electron chi connectivity index (χ0n) is 7.78. The van der Waals surface area contributed by atoms with Crippen molar-refractivity contribution in [2.75, 3.05) is 0 Å². The van der Waals surface area contributed by atoms with E-state index in [4.69, 9.17) is 5.73 Å². The monoisotopic (exact) mass is 143 g/mol. The molecule has 1 unspecified atom stereocenters. The molecule has 0 aromatic carbocycles. The Kier molecular flexibility index (Phi) is 3.95. The highest BCUT2D eigenvalue weighted by Gasteiger charge is 2.23. The minimum Gasteiger partial charge on any atom is -0.327 e. The lowest BCUT2D eigenvalue weighted by molar-refractivity contribution is 0.255. The summed E-state index contributed by atoms with van der Waals surface area (Å²) in [7, 11) is 0. The lowest BCUT2D eigenvalue weighted by atomic mass is 9.80. The second-order valence-corrected chi connectivity index (χ2v) is 3.75. The molecule has 0 aliphatic carbocycles. The topological polar surface area (TPSA) is 26.0 Å². The van der Waals surface area contributed by atoms with E-state index in [-0.39, 0.29) is 0 Å². The maximum Gasteiger partial charge on any atom is 0.00876 e. The standard InChI is InChI=1S/C9H21N/c1-5-7-9(3,4)8(10)6-2/h8H,5-7,10H2,1-4H3. The minimum atomic E-state index is 0.337. The van der Waals surface area contributed by atoms with E-state index in [0.717, 1.165) is 6.42 Å². The van der Waals surface area contributed by atoms with Crippen molar-refractivity contribution in [2.24, 2.45) is 11.1 Å². The van der Waals surface area contributed by atoms with Crippen LogP contribution in [-0.2, 0) is 0 Å². The molecule has 1 heteroatoms. The number of rotatable bonds is 4. The minimum absolute atomic E-state index is 0.337. The molecule has 0 saturated heterocycles. The first kappa shape index (κ1) is 9.96. The van der Waals surface area contributed by atoms with Crippen LogP contribution in [0.15, 0.2) is 0 Å². The van der Waals surface area contributed by atoms with Crippen molar-refractivity contribution in [2.45, 2.75) is 53.0 Å². The van der Waals surface area contributed by atoms with Crippen molar-refractivity contribution in [1.82, 2.24) is 0 Å². The van der Waals surface area contributed by atoms with Crippen molar-refractivity contribution in [3.05, 3.63) is 0 Å². The maximum atomic E-state index is 5.94. The summed E-state index contributed by atoms with van der Waals surface area (Å²) in [6.45, 7) is 8.88. The summed E-state index contributed by atoms with van der Waals surface area (Å²) in [5, 5.41) is 0. The van der Waals surface area contributed by atoms with Crippen LogP contribution in [0.2, 0.25) is 0 Å². The third-order valence-corrected chi connectivity index (χ3v) is 2.34. The van der Waals surface area contributed by atoms with Gasteiger partial charge in [-0.1, -0.05) is 34.1 Å². The molecule has 1 nitrogen and oxygen atoms in total. The molecule has 1 atom stereocenters. The Morgan fingerprint density at radius 2 is 1.80 bits per heavy atom. The van der Waals surface area contributed by atoms with Gasteiger partial charge in [0.1, 0.15) is 0 Å². The highest BCUT2D eigenvalue weighted by atomic mass is 14.7. The maximum absolute atomic E-state index is 5.94. The molecular weight excluding hydrogens is 122 g/mol. The molecule has 0 saturated carbocycles. The average Bonchev–Trinajstić information content (AvgIpc) is 1.86. The Morgan fingerprint density at radius 1 is 1.30 bits per heavy atom. The first-order chi connectivity index (χ1) is 4.54. The molecule has 0 spiro atoms. The van der Waals surface area contributed by atoms with Gasteiger partial charge in [0.2, 0.25) is 0 Å². The van der Waals surface area contributed by atoms with Gasteiger partial charge in [-0.15, -0.1) is 0 Å². The smallest absolute Gasteiger partial charge is 0.00876 e. The van der Waals surface area contributed by atoms with Crippen LogP contribution < -0.4 is 5.73 Å². The molecular formula is C9H21N. The molecule has 0 bridgehead atoms. The normalized spacial score (nSPS) is 15.3. The molecule has 0 aromatic heterocycles. The van der Waals surface area contributed by atoms with Crippen LogP contribution in [0.4, 0.5) is 0 Å². The summed E-state index contributed by atoms with van der Waals surface area (Å²) in [6.07, 6.45) is 3.57. The van der Waals surface area contributed by atoms with Gasteiger partial charge < -0.3 is 5.73 Å². The molecule has 0 rings (SSSR count). The highest BCUT2D eigenvalue weighted by Crippen LogP contribution is 2.26. The van der Waals surface area contributed by atoms with Crippen molar-refractivity contribution < 1.29 is 0 Å². The van der Waals surface area contributed by atoms with Gasteiger partial charge in [0.05, 0.1) is 0 Å². The van der Waals surface area contributed by atoms with Gasteiger partial charge in [-0.2, -0.15) is 0 Å². The zero-order chi connectivity index (χ0) is 8.20. The van der Waals surface area contributed by atoms with Crippen molar-refractivity contribution in [3.63, 3.8) is 0 Å². The number of hydrogen-bond acceptors (Lipinski definition) is 1. The summed E-state index contributed by atoms with van der Waals surface area (Å²) >= 11 is 0. The predicted molar refractivity (Wildman–Crippen MR) is 47.0 cm³/mol. The van der Waals surface area contributed by atoms with E-state index in [0.29, 0.717) is 11.5 Å². The van der Waals surface area contributed by atoms with E-state index < -0.39 is 0 Å². The third-order valence-electron chi connectivity index (χ3n) is 2.34. The quantitative estimate of drug-likeness (QED) is 0.643. The van der Waals surface area contributed by atoms with Crippen LogP contribution in [0.25, 0.3) is 0 Å². The fraction of sp³-hybridized carbons (Fsp3) is 1.00. The van der Waals surface area contributed by atoms with E-state index in [1.807, 2.05) is 0 Å². The van der Waals surface area contributed by atoms with Crippen LogP contribution in [0.1, 0.15) is 47.0 Å². The Morgan fingerprint density at radius 3 is 2.10 bits per heavy atom. The molecule has 62 valence electrons. The highest BCUT2D eigenvalue weighted by molar-refractivity contribution is 4.79. The second kappa shape index (κ2) is 3.97. The van der Waals surface area contributed by atoms with E-state index in [9.17, 15) is 0 Å². The Labute approximate surface area is 65.0 Å². The SMILES string of the molecule is CCCC(C)(C)C(N)CC. The lowest BCUT2D eigenvalue weighted by Gasteiger charge is -2.30. The summed E-state index contributed by atoms with van der Waals surface area (Å²) in [5.74, 6) is 0. The zero-order valence-corrected chi connectivity index (χ0v) is 7.78. The largest absolute Gasteiger partial charge is 0.327 e. The van der Waals surface area contributed by atoms with Gasteiger partial charge in [-0.3, -0.25) is 0 Å². The van der Waals surface area contributed by atoms with Crippen LogP contribution in [0.3, 0.4) is 0 Å². The fourth-order valence-electron chi connectivity index (χ4n) is 1.38. The van der Waals surface area contributed by atoms with Crippen LogP contribution >= 0.6 is 0 Å². The molecule has 0 amide bonds. The summed E-state index contributed by atoms with van der Waals surface area (Å²) in [4.78, 5) is 0. The van der Waals surface area contributed by atoms with E-state index in [2.05, 4.69) is 27.7 Å².